The van der Waals surface area contributed by atoms with Crippen molar-refractivity contribution in [3.63, 3.8) is 0 Å². The van der Waals surface area contributed by atoms with Gasteiger partial charge in [0.2, 0.25) is 0 Å². The minimum absolute atomic E-state index is 0.224. The van der Waals surface area contributed by atoms with Crippen molar-refractivity contribution in [2.75, 3.05) is 19.8 Å². The topological polar surface area (TPSA) is 38.7 Å². The number of aryl methyl sites for hydroxylation is 1. The molecule has 17 heavy (non-hydrogen) atoms. The van der Waals surface area contributed by atoms with Gasteiger partial charge in [-0.15, -0.1) is 0 Å². The summed E-state index contributed by atoms with van der Waals surface area (Å²) in [7, 11) is 0. The first-order chi connectivity index (χ1) is 8.15. The van der Waals surface area contributed by atoms with Gasteiger partial charge >= 0.3 is 0 Å². The highest BCUT2D eigenvalue weighted by Gasteiger charge is 2.16. The Morgan fingerprint density at radius 2 is 1.82 bits per heavy atom. The number of benzene rings is 1. The zero-order valence-corrected chi connectivity index (χ0v) is 10.8. The highest BCUT2D eigenvalue weighted by Crippen LogP contribution is 2.19. The molecular weight excluding hydrogens is 216 g/mol. The molecule has 3 heteroatoms. The predicted molar refractivity (Wildman–Crippen MR) is 68.0 cm³/mol. The second-order valence-corrected chi connectivity index (χ2v) is 4.13. The fourth-order valence-electron chi connectivity index (χ4n) is 1.56. The van der Waals surface area contributed by atoms with Crippen LogP contribution >= 0.6 is 0 Å². The van der Waals surface area contributed by atoms with Crippen molar-refractivity contribution in [2.45, 2.75) is 33.0 Å². The Hall–Kier alpha value is -0.900. The van der Waals surface area contributed by atoms with Gasteiger partial charge in [-0.1, -0.05) is 29.8 Å². The normalized spacial score (nSPS) is 14.6. The first-order valence-corrected chi connectivity index (χ1v) is 6.09. The van der Waals surface area contributed by atoms with Crippen LogP contribution in [0.1, 0.15) is 31.1 Å². The lowest BCUT2D eigenvalue weighted by molar-refractivity contribution is -0.0471. The highest BCUT2D eigenvalue weighted by atomic mass is 16.5. The minimum atomic E-state index is -0.586. The van der Waals surface area contributed by atoms with Gasteiger partial charge in [0.15, 0.2) is 0 Å². The van der Waals surface area contributed by atoms with Crippen LogP contribution in [0, 0.1) is 6.92 Å². The zero-order valence-electron chi connectivity index (χ0n) is 10.8. The maximum atomic E-state index is 10.1. The Bertz CT molecular complexity index is 308. The van der Waals surface area contributed by atoms with E-state index in [-0.39, 0.29) is 6.10 Å². The van der Waals surface area contributed by atoms with Gasteiger partial charge in [0.1, 0.15) is 6.10 Å². The van der Waals surface area contributed by atoms with Gasteiger partial charge in [0.25, 0.3) is 0 Å². The molecule has 0 fully saturated rings. The summed E-state index contributed by atoms with van der Waals surface area (Å²) in [5, 5.41) is 10.1. The van der Waals surface area contributed by atoms with Crippen LogP contribution in [0.2, 0.25) is 0 Å². The van der Waals surface area contributed by atoms with Crippen LogP contribution in [-0.2, 0) is 9.47 Å². The second-order valence-electron chi connectivity index (χ2n) is 4.13. The predicted octanol–water partition coefficient (Wildman–Crippen LogP) is 2.47. The lowest BCUT2D eigenvalue weighted by Crippen LogP contribution is -2.21. The van der Waals surface area contributed by atoms with E-state index in [0.29, 0.717) is 19.8 Å². The average Bonchev–Trinajstić information content (AvgIpc) is 2.34. The van der Waals surface area contributed by atoms with Crippen molar-refractivity contribution in [1.29, 1.82) is 0 Å². The third kappa shape index (κ3) is 4.86. The van der Waals surface area contributed by atoms with E-state index in [4.69, 9.17) is 9.47 Å². The Labute approximate surface area is 103 Å². The number of hydrogen-bond acceptors (Lipinski definition) is 3. The van der Waals surface area contributed by atoms with Gasteiger partial charge in [-0.25, -0.2) is 0 Å². The summed E-state index contributed by atoms with van der Waals surface area (Å²) < 4.78 is 10.7. The summed E-state index contributed by atoms with van der Waals surface area (Å²) >= 11 is 0. The quantitative estimate of drug-likeness (QED) is 0.742. The average molecular weight is 238 g/mol. The maximum absolute atomic E-state index is 10.1. The van der Waals surface area contributed by atoms with Crippen molar-refractivity contribution in [3.05, 3.63) is 35.4 Å². The summed E-state index contributed by atoms with van der Waals surface area (Å²) in [6.45, 7) is 7.62. The van der Waals surface area contributed by atoms with Gasteiger partial charge in [-0.05, 0) is 26.3 Å². The van der Waals surface area contributed by atoms with E-state index in [0.717, 1.165) is 5.56 Å². The molecule has 0 aliphatic rings. The first-order valence-electron chi connectivity index (χ1n) is 6.09. The molecular formula is C14H22O3. The van der Waals surface area contributed by atoms with E-state index < -0.39 is 6.10 Å². The molecule has 96 valence electrons. The molecule has 0 aliphatic heterocycles. The Balaban J connectivity index is 2.40. The Kier molecular flexibility index (Phi) is 6.19. The van der Waals surface area contributed by atoms with Crippen molar-refractivity contribution in [2.24, 2.45) is 0 Å². The number of hydrogen-bond donors (Lipinski definition) is 1. The molecule has 0 radical (unpaired) electrons. The van der Waals surface area contributed by atoms with Crippen LogP contribution in [0.5, 0.6) is 0 Å². The highest BCUT2D eigenvalue weighted by molar-refractivity contribution is 5.23. The summed E-state index contributed by atoms with van der Waals surface area (Å²) in [5.74, 6) is 0. The number of aliphatic hydroxyl groups is 1. The smallest absolute Gasteiger partial charge is 0.105 e. The number of ether oxygens (including phenoxy) is 2. The summed E-state index contributed by atoms with van der Waals surface area (Å²) in [4.78, 5) is 0. The van der Waals surface area contributed by atoms with E-state index >= 15 is 0 Å². The van der Waals surface area contributed by atoms with Gasteiger partial charge in [-0.3, -0.25) is 0 Å². The van der Waals surface area contributed by atoms with Crippen molar-refractivity contribution in [1.82, 2.24) is 0 Å². The van der Waals surface area contributed by atoms with E-state index in [1.54, 1.807) is 0 Å². The monoisotopic (exact) mass is 238 g/mol. The lowest BCUT2D eigenvalue weighted by atomic mass is 10.0. The van der Waals surface area contributed by atoms with Crippen molar-refractivity contribution >= 4 is 0 Å². The lowest BCUT2D eigenvalue weighted by Gasteiger charge is -2.20. The van der Waals surface area contributed by atoms with Crippen LogP contribution in [0.3, 0.4) is 0 Å². The Morgan fingerprint density at radius 1 is 1.18 bits per heavy atom. The van der Waals surface area contributed by atoms with Crippen LogP contribution in [0.4, 0.5) is 0 Å². The fraction of sp³-hybridized carbons (Fsp3) is 0.571. The van der Waals surface area contributed by atoms with Crippen LogP contribution in [0.25, 0.3) is 0 Å². The molecule has 0 saturated carbocycles. The Morgan fingerprint density at radius 3 is 2.41 bits per heavy atom. The van der Waals surface area contributed by atoms with E-state index in [1.807, 2.05) is 45.0 Å². The molecule has 2 unspecified atom stereocenters. The molecule has 1 rings (SSSR count). The molecule has 0 heterocycles. The van der Waals surface area contributed by atoms with Gasteiger partial charge < -0.3 is 14.6 Å². The van der Waals surface area contributed by atoms with Crippen LogP contribution in [0.15, 0.2) is 24.3 Å². The zero-order chi connectivity index (χ0) is 12.7. The standard InChI is InChI=1S/C14H22O3/c1-4-16-9-10-17-12(3)14(15)13-7-5-11(2)6-8-13/h5-8,12,14-15H,4,9-10H2,1-3H3. The second kappa shape index (κ2) is 7.43. The van der Waals surface area contributed by atoms with Crippen molar-refractivity contribution in [3.8, 4) is 0 Å². The molecule has 2 atom stereocenters. The molecule has 0 aliphatic carbocycles. The third-order valence-corrected chi connectivity index (χ3v) is 2.68. The molecule has 3 nitrogen and oxygen atoms in total. The maximum Gasteiger partial charge on any atom is 0.105 e. The summed E-state index contributed by atoms with van der Waals surface area (Å²) in [5.41, 5.74) is 2.07. The minimum Gasteiger partial charge on any atom is -0.386 e. The van der Waals surface area contributed by atoms with Crippen LogP contribution < -0.4 is 0 Å². The summed E-state index contributed by atoms with van der Waals surface area (Å²) in [6, 6.07) is 7.85. The number of rotatable bonds is 7. The van der Waals surface area contributed by atoms with Crippen molar-refractivity contribution < 1.29 is 14.6 Å². The number of aliphatic hydroxyl groups excluding tert-OH is 1. The van der Waals surface area contributed by atoms with Gasteiger partial charge in [0, 0.05) is 6.61 Å². The van der Waals surface area contributed by atoms with E-state index in [9.17, 15) is 5.11 Å². The van der Waals surface area contributed by atoms with Crippen LogP contribution in [-0.4, -0.2) is 31.0 Å². The third-order valence-electron chi connectivity index (χ3n) is 2.68. The fourth-order valence-corrected chi connectivity index (χ4v) is 1.56. The molecule has 0 aromatic heterocycles. The molecule has 0 amide bonds. The molecule has 1 aromatic carbocycles. The largest absolute Gasteiger partial charge is 0.386 e. The first kappa shape index (κ1) is 14.2. The molecule has 0 saturated heterocycles. The molecule has 1 N–H and O–H groups in total. The van der Waals surface area contributed by atoms with Gasteiger partial charge in [-0.2, -0.15) is 0 Å². The van der Waals surface area contributed by atoms with E-state index in [1.165, 1.54) is 5.56 Å². The SMILES string of the molecule is CCOCCOC(C)C(O)c1ccc(C)cc1. The molecule has 1 aromatic rings. The molecule has 0 bridgehead atoms. The van der Waals surface area contributed by atoms with Gasteiger partial charge in [0.05, 0.1) is 19.3 Å². The summed E-state index contributed by atoms with van der Waals surface area (Å²) in [6.07, 6.45) is -0.810. The van der Waals surface area contributed by atoms with E-state index in [2.05, 4.69) is 0 Å². The molecule has 0 spiro atoms.